The van der Waals surface area contributed by atoms with Crippen LogP contribution in [0.1, 0.15) is 12.5 Å². The highest BCUT2D eigenvalue weighted by Gasteiger charge is 2.24. The van der Waals surface area contributed by atoms with Crippen LogP contribution in [0, 0.1) is 0 Å². The van der Waals surface area contributed by atoms with Gasteiger partial charge in [-0.25, -0.2) is 4.99 Å². The molecule has 1 fully saturated rings. The van der Waals surface area contributed by atoms with Crippen molar-refractivity contribution in [3.8, 4) is 11.5 Å². The Morgan fingerprint density at radius 3 is 2.50 bits per heavy atom. The molecule has 5 nitrogen and oxygen atoms in total. The summed E-state index contributed by atoms with van der Waals surface area (Å²) in [6.07, 6.45) is 1.75. The van der Waals surface area contributed by atoms with Crippen molar-refractivity contribution in [2.45, 2.75) is 6.92 Å². The number of carbonyl (C=O) groups excluding carboxylic acids is 1. The number of nitrogens with one attached hydrogen (secondary N) is 1. The molecular formula is C18H14Br2N2O3S. The van der Waals surface area contributed by atoms with Crippen LogP contribution in [0.2, 0.25) is 0 Å². The van der Waals surface area contributed by atoms with Crippen LogP contribution < -0.4 is 10.1 Å². The lowest BCUT2D eigenvalue weighted by atomic mass is 10.2. The molecule has 0 atom stereocenters. The van der Waals surface area contributed by atoms with E-state index in [0.29, 0.717) is 25.6 Å². The van der Waals surface area contributed by atoms with Crippen molar-refractivity contribution in [3.05, 3.63) is 55.8 Å². The molecule has 8 heteroatoms. The van der Waals surface area contributed by atoms with Gasteiger partial charge < -0.3 is 15.2 Å². The van der Waals surface area contributed by atoms with Gasteiger partial charge in [0.2, 0.25) is 0 Å². The molecule has 2 aromatic rings. The summed E-state index contributed by atoms with van der Waals surface area (Å²) >= 11 is 7.83. The minimum absolute atomic E-state index is 0.119. The Kier molecular flexibility index (Phi) is 6.05. The molecule has 1 saturated heterocycles. The topological polar surface area (TPSA) is 70.9 Å². The normalized spacial score (nSPS) is 17.0. The lowest BCUT2D eigenvalue weighted by Crippen LogP contribution is -2.19. The number of aliphatic imine (C=N–C) groups is 1. The van der Waals surface area contributed by atoms with Crippen molar-refractivity contribution in [2.24, 2.45) is 4.99 Å². The van der Waals surface area contributed by atoms with Gasteiger partial charge in [0.15, 0.2) is 5.17 Å². The molecule has 1 heterocycles. The van der Waals surface area contributed by atoms with Crippen molar-refractivity contribution in [1.29, 1.82) is 0 Å². The van der Waals surface area contributed by atoms with Gasteiger partial charge in [0, 0.05) is 0 Å². The zero-order valence-corrected chi connectivity index (χ0v) is 17.6. The summed E-state index contributed by atoms with van der Waals surface area (Å²) in [4.78, 5) is 17.2. The first-order valence-electron chi connectivity index (χ1n) is 7.66. The molecule has 1 aliphatic rings. The second-order valence-electron chi connectivity index (χ2n) is 5.24. The number of aromatic hydroxyl groups is 1. The second kappa shape index (κ2) is 8.28. The highest BCUT2D eigenvalue weighted by atomic mass is 79.9. The molecule has 0 saturated carbocycles. The highest BCUT2D eigenvalue weighted by molar-refractivity contribution is 9.11. The smallest absolute Gasteiger partial charge is 0.264 e. The molecule has 26 heavy (non-hydrogen) atoms. The zero-order valence-electron chi connectivity index (χ0n) is 13.6. The molecule has 1 aliphatic heterocycles. The van der Waals surface area contributed by atoms with Crippen LogP contribution in [-0.2, 0) is 4.79 Å². The van der Waals surface area contributed by atoms with E-state index in [9.17, 15) is 9.90 Å². The molecule has 0 aliphatic carbocycles. The van der Waals surface area contributed by atoms with E-state index < -0.39 is 0 Å². The first kappa shape index (κ1) is 19.0. The number of benzene rings is 2. The number of nitrogens with zero attached hydrogens (tertiary/aromatic N) is 1. The minimum atomic E-state index is -0.208. The quantitative estimate of drug-likeness (QED) is 0.569. The molecule has 0 bridgehead atoms. The van der Waals surface area contributed by atoms with E-state index in [2.05, 4.69) is 42.2 Å². The predicted molar refractivity (Wildman–Crippen MR) is 112 cm³/mol. The van der Waals surface area contributed by atoms with E-state index in [0.717, 1.165) is 17.0 Å². The predicted octanol–water partition coefficient (Wildman–Crippen LogP) is 5.21. The van der Waals surface area contributed by atoms with Crippen LogP contribution in [0.25, 0.3) is 6.08 Å². The van der Waals surface area contributed by atoms with Crippen LogP contribution in [-0.4, -0.2) is 22.8 Å². The molecule has 134 valence electrons. The number of hydrogen-bond donors (Lipinski definition) is 2. The number of amides is 1. The van der Waals surface area contributed by atoms with Crippen molar-refractivity contribution < 1.29 is 14.6 Å². The van der Waals surface area contributed by atoms with E-state index in [4.69, 9.17) is 4.74 Å². The fraction of sp³-hybridized carbons (Fsp3) is 0.111. The van der Waals surface area contributed by atoms with Gasteiger partial charge in [0.1, 0.15) is 11.5 Å². The number of ether oxygens (including phenoxy) is 1. The van der Waals surface area contributed by atoms with Gasteiger partial charge in [-0.05, 0) is 98.6 Å². The number of carbonyl (C=O) groups is 1. The number of phenols is 1. The fourth-order valence-corrected chi connectivity index (χ4v) is 4.26. The molecule has 1 amide bonds. The van der Waals surface area contributed by atoms with Crippen LogP contribution >= 0.6 is 43.6 Å². The number of amidine groups is 1. The van der Waals surface area contributed by atoms with Crippen molar-refractivity contribution >= 4 is 66.5 Å². The highest BCUT2D eigenvalue weighted by Crippen LogP contribution is 2.35. The Labute approximate surface area is 171 Å². The average molecular weight is 498 g/mol. The summed E-state index contributed by atoms with van der Waals surface area (Å²) in [5, 5.41) is 13.0. The molecule has 0 unspecified atom stereocenters. The summed E-state index contributed by atoms with van der Waals surface area (Å²) in [5.74, 6) is 0.692. The Hall–Kier alpha value is -1.77. The Balaban J connectivity index is 1.80. The number of hydrogen-bond acceptors (Lipinski definition) is 5. The summed E-state index contributed by atoms with van der Waals surface area (Å²) in [5.41, 5.74) is 1.51. The molecule has 0 aromatic heterocycles. The van der Waals surface area contributed by atoms with E-state index >= 15 is 0 Å². The third-order valence-corrected chi connectivity index (χ3v) is 5.49. The SMILES string of the molecule is CCOc1ccc(N=C2NC(=O)/C(=C/c3cc(Br)c(O)c(Br)c3)S2)cc1. The van der Waals surface area contributed by atoms with E-state index in [1.165, 1.54) is 11.8 Å². The fourth-order valence-electron chi connectivity index (χ4n) is 2.20. The zero-order chi connectivity index (χ0) is 18.7. The molecule has 0 spiro atoms. The van der Waals surface area contributed by atoms with E-state index in [1.54, 1.807) is 18.2 Å². The number of phenolic OH excluding ortho intramolecular Hbond substituents is 1. The summed E-state index contributed by atoms with van der Waals surface area (Å²) < 4.78 is 6.49. The second-order valence-corrected chi connectivity index (χ2v) is 7.98. The standard InChI is InChI=1S/C18H14Br2N2O3S/c1-2-25-12-5-3-11(4-6-12)21-18-22-17(24)15(26-18)9-10-7-13(19)16(23)14(20)8-10/h3-9,23H,2H2,1H3,(H,21,22,24)/b15-9-. The molecule has 3 rings (SSSR count). The van der Waals surface area contributed by atoms with Gasteiger partial charge in [-0.3, -0.25) is 4.79 Å². The first-order chi connectivity index (χ1) is 12.5. The van der Waals surface area contributed by atoms with Gasteiger partial charge in [0.25, 0.3) is 5.91 Å². The minimum Gasteiger partial charge on any atom is -0.506 e. The third kappa shape index (κ3) is 4.49. The van der Waals surface area contributed by atoms with Gasteiger partial charge >= 0.3 is 0 Å². The van der Waals surface area contributed by atoms with Gasteiger partial charge in [-0.1, -0.05) is 0 Å². The first-order valence-corrected chi connectivity index (χ1v) is 10.1. The van der Waals surface area contributed by atoms with Gasteiger partial charge in [-0.15, -0.1) is 0 Å². The lowest BCUT2D eigenvalue weighted by molar-refractivity contribution is -0.115. The van der Waals surface area contributed by atoms with Crippen LogP contribution in [0.15, 0.2) is 55.2 Å². The number of thioether (sulfide) groups is 1. The monoisotopic (exact) mass is 496 g/mol. The average Bonchev–Trinajstić information content (AvgIpc) is 2.94. The Morgan fingerprint density at radius 2 is 1.88 bits per heavy atom. The van der Waals surface area contributed by atoms with Crippen LogP contribution in [0.4, 0.5) is 5.69 Å². The van der Waals surface area contributed by atoms with E-state index in [-0.39, 0.29) is 11.7 Å². The van der Waals surface area contributed by atoms with Gasteiger partial charge in [0.05, 0.1) is 26.1 Å². The van der Waals surface area contributed by atoms with Crippen molar-refractivity contribution in [2.75, 3.05) is 6.61 Å². The molecule has 0 radical (unpaired) electrons. The lowest BCUT2D eigenvalue weighted by Gasteiger charge is -2.03. The van der Waals surface area contributed by atoms with Crippen molar-refractivity contribution in [1.82, 2.24) is 5.32 Å². The van der Waals surface area contributed by atoms with Crippen molar-refractivity contribution in [3.63, 3.8) is 0 Å². The van der Waals surface area contributed by atoms with Crippen LogP contribution in [0.3, 0.4) is 0 Å². The molecule has 2 aromatic carbocycles. The third-order valence-electron chi connectivity index (χ3n) is 3.37. The van der Waals surface area contributed by atoms with Gasteiger partial charge in [-0.2, -0.15) is 0 Å². The number of halogens is 2. The molecule has 2 N–H and O–H groups in total. The maximum Gasteiger partial charge on any atom is 0.264 e. The Morgan fingerprint density at radius 1 is 1.23 bits per heavy atom. The van der Waals surface area contributed by atoms with Crippen LogP contribution in [0.5, 0.6) is 11.5 Å². The number of rotatable bonds is 4. The maximum absolute atomic E-state index is 12.2. The summed E-state index contributed by atoms with van der Waals surface area (Å²) in [6.45, 7) is 2.54. The molecular weight excluding hydrogens is 484 g/mol. The summed E-state index contributed by atoms with van der Waals surface area (Å²) in [6, 6.07) is 10.8. The Bertz CT molecular complexity index is 888. The van der Waals surface area contributed by atoms with E-state index in [1.807, 2.05) is 31.2 Å². The maximum atomic E-state index is 12.2. The summed E-state index contributed by atoms with van der Waals surface area (Å²) in [7, 11) is 0. The largest absolute Gasteiger partial charge is 0.506 e.